The largest absolute Gasteiger partial charge is 0.394 e. The molecule has 18 heavy (non-hydrogen) atoms. The highest BCUT2D eigenvalue weighted by Crippen LogP contribution is 2.22. The number of aliphatic hydroxyl groups is 2. The van der Waals surface area contributed by atoms with Crippen LogP contribution in [0.2, 0.25) is 0 Å². The first-order chi connectivity index (χ1) is 8.61. The average Bonchev–Trinajstić information content (AvgIpc) is 2.86. The molecule has 7 N–H and O–H groups in total. The van der Waals surface area contributed by atoms with Crippen molar-refractivity contribution in [1.29, 1.82) is 0 Å². The number of hydrogen-bond donors (Lipinski definition) is 6. The van der Waals surface area contributed by atoms with Crippen molar-refractivity contribution in [3.8, 4) is 0 Å². The Kier molecular flexibility index (Phi) is 3.28. The lowest BCUT2D eigenvalue weighted by atomic mass is 10.1. The molecule has 0 aliphatic heterocycles. The average molecular weight is 253 g/mol. The van der Waals surface area contributed by atoms with Gasteiger partial charge in [0.2, 0.25) is 5.95 Å². The van der Waals surface area contributed by atoms with Crippen LogP contribution in [0, 0.1) is 0 Å². The van der Waals surface area contributed by atoms with Crippen molar-refractivity contribution in [3.05, 3.63) is 6.20 Å². The number of aliphatic hydroxyl groups excluding tert-OH is 2. The molecule has 2 aromatic rings. The molecule has 2 heterocycles. The van der Waals surface area contributed by atoms with Crippen molar-refractivity contribution in [3.63, 3.8) is 0 Å². The third-order valence-electron chi connectivity index (χ3n) is 2.56. The number of aromatic amines is 1. The minimum atomic E-state index is -0.898. The monoisotopic (exact) mass is 253 g/mol. The summed E-state index contributed by atoms with van der Waals surface area (Å²) in [5.74, 6) is 5.90. The Balaban J connectivity index is 2.45. The summed E-state index contributed by atoms with van der Waals surface area (Å²) in [4.78, 5) is 8.20. The smallest absolute Gasteiger partial charge is 0.241 e. The maximum Gasteiger partial charge on any atom is 0.241 e. The van der Waals surface area contributed by atoms with Gasteiger partial charge in [0.1, 0.15) is 5.82 Å². The lowest BCUT2D eigenvalue weighted by Crippen LogP contribution is -2.42. The number of hydrazine groups is 1. The lowest BCUT2D eigenvalue weighted by molar-refractivity contribution is 0.147. The van der Waals surface area contributed by atoms with Crippen LogP contribution in [0.3, 0.4) is 0 Å². The number of nitrogens with zero attached hydrogens (tertiary/aromatic N) is 3. The summed E-state index contributed by atoms with van der Waals surface area (Å²) in [5, 5.41) is 28.7. The highest BCUT2D eigenvalue weighted by molar-refractivity contribution is 5.87. The predicted octanol–water partition coefficient (Wildman–Crippen LogP) is -1.21. The fourth-order valence-corrected chi connectivity index (χ4v) is 1.41. The molecule has 0 saturated carbocycles. The van der Waals surface area contributed by atoms with E-state index in [1.807, 2.05) is 0 Å². The summed E-state index contributed by atoms with van der Waals surface area (Å²) in [5.41, 5.74) is 1.94. The molecule has 0 spiro atoms. The third kappa shape index (κ3) is 2.18. The second kappa shape index (κ2) is 4.72. The SMILES string of the molecule is CC(CO)(CO)Nc1nc(NN)nc2[nH]ncc12. The quantitative estimate of drug-likeness (QED) is 0.287. The summed E-state index contributed by atoms with van der Waals surface area (Å²) in [7, 11) is 0. The number of H-pyrrole nitrogens is 1. The van der Waals surface area contributed by atoms with Gasteiger partial charge in [0.15, 0.2) is 5.65 Å². The summed E-state index contributed by atoms with van der Waals surface area (Å²) < 4.78 is 0. The van der Waals surface area contributed by atoms with Crippen molar-refractivity contribution >= 4 is 22.8 Å². The van der Waals surface area contributed by atoms with Crippen molar-refractivity contribution in [2.75, 3.05) is 24.0 Å². The highest BCUT2D eigenvalue weighted by Gasteiger charge is 2.24. The fourth-order valence-electron chi connectivity index (χ4n) is 1.41. The van der Waals surface area contributed by atoms with Crippen LogP contribution in [-0.4, -0.2) is 49.1 Å². The van der Waals surface area contributed by atoms with Crippen LogP contribution in [0.1, 0.15) is 6.92 Å². The molecule has 0 aliphatic carbocycles. The van der Waals surface area contributed by atoms with Gasteiger partial charge in [0.05, 0.1) is 30.3 Å². The van der Waals surface area contributed by atoms with Gasteiger partial charge in [-0.15, -0.1) is 0 Å². The molecular formula is C9H15N7O2. The van der Waals surface area contributed by atoms with E-state index in [2.05, 4.69) is 30.9 Å². The van der Waals surface area contributed by atoms with Crippen LogP contribution in [-0.2, 0) is 0 Å². The Bertz CT molecular complexity index is 537. The first-order valence-corrected chi connectivity index (χ1v) is 5.29. The van der Waals surface area contributed by atoms with Crippen molar-refractivity contribution in [2.24, 2.45) is 5.84 Å². The zero-order chi connectivity index (χ0) is 13.2. The van der Waals surface area contributed by atoms with E-state index in [1.54, 1.807) is 13.1 Å². The molecule has 9 nitrogen and oxygen atoms in total. The standard InChI is InChI=1S/C9H15N7O2/c1-9(3-17,4-18)14-6-5-2-11-16-7(5)13-8(12-6)15-10/h2,17-18H,3-4,10H2,1H3,(H3,11,12,13,14,15,16). The van der Waals surface area contributed by atoms with Gasteiger partial charge in [-0.3, -0.25) is 10.5 Å². The normalized spacial score (nSPS) is 11.8. The van der Waals surface area contributed by atoms with Gasteiger partial charge in [-0.05, 0) is 6.92 Å². The number of nitrogens with one attached hydrogen (secondary N) is 3. The Morgan fingerprint density at radius 3 is 2.72 bits per heavy atom. The fraction of sp³-hybridized carbons (Fsp3) is 0.444. The van der Waals surface area contributed by atoms with Gasteiger partial charge in [0.25, 0.3) is 0 Å². The molecule has 0 bridgehead atoms. The number of anilines is 2. The van der Waals surface area contributed by atoms with Gasteiger partial charge in [-0.1, -0.05) is 0 Å². The molecule has 98 valence electrons. The summed E-state index contributed by atoms with van der Waals surface area (Å²) >= 11 is 0. The minimum Gasteiger partial charge on any atom is -0.394 e. The topological polar surface area (TPSA) is 145 Å². The molecule has 0 amide bonds. The molecular weight excluding hydrogens is 238 g/mol. The summed E-state index contributed by atoms with van der Waals surface area (Å²) in [6.45, 7) is 1.16. The Morgan fingerprint density at radius 2 is 2.11 bits per heavy atom. The summed E-state index contributed by atoms with van der Waals surface area (Å²) in [6, 6.07) is 0. The lowest BCUT2D eigenvalue weighted by Gasteiger charge is -2.27. The molecule has 0 aliphatic rings. The van der Waals surface area contributed by atoms with E-state index in [0.29, 0.717) is 16.9 Å². The number of nitrogen functional groups attached to an aromatic ring is 1. The minimum absolute atomic E-state index is 0.201. The molecule has 9 heteroatoms. The highest BCUT2D eigenvalue weighted by atomic mass is 16.3. The first kappa shape index (κ1) is 12.5. The Morgan fingerprint density at radius 1 is 1.39 bits per heavy atom. The van der Waals surface area contributed by atoms with E-state index in [1.165, 1.54) is 0 Å². The number of aromatic nitrogens is 4. The molecule has 0 saturated heterocycles. The second-order valence-corrected chi connectivity index (χ2v) is 4.17. The molecule has 2 aromatic heterocycles. The van der Waals surface area contributed by atoms with Crippen molar-refractivity contribution in [1.82, 2.24) is 20.2 Å². The van der Waals surface area contributed by atoms with Crippen molar-refractivity contribution < 1.29 is 10.2 Å². The first-order valence-electron chi connectivity index (χ1n) is 5.29. The molecule has 0 radical (unpaired) electrons. The maximum atomic E-state index is 9.27. The Hall–Kier alpha value is -1.97. The number of rotatable bonds is 5. The van der Waals surface area contributed by atoms with Crippen LogP contribution in [0.15, 0.2) is 6.20 Å². The zero-order valence-corrected chi connectivity index (χ0v) is 9.80. The van der Waals surface area contributed by atoms with Crippen LogP contribution in [0.25, 0.3) is 11.0 Å². The van der Waals surface area contributed by atoms with Crippen molar-refractivity contribution in [2.45, 2.75) is 12.5 Å². The maximum absolute atomic E-state index is 9.27. The molecule has 0 unspecified atom stereocenters. The van der Waals surface area contributed by atoms with Gasteiger partial charge < -0.3 is 15.5 Å². The second-order valence-electron chi connectivity index (χ2n) is 4.17. The van der Waals surface area contributed by atoms with Crippen LogP contribution < -0.4 is 16.6 Å². The number of hydrogen-bond acceptors (Lipinski definition) is 8. The predicted molar refractivity (Wildman–Crippen MR) is 65.7 cm³/mol. The van der Waals surface area contributed by atoms with Crippen LogP contribution in [0.4, 0.5) is 11.8 Å². The number of fused-ring (bicyclic) bond motifs is 1. The van der Waals surface area contributed by atoms with Gasteiger partial charge in [-0.25, -0.2) is 5.84 Å². The molecule has 2 rings (SSSR count). The van der Waals surface area contributed by atoms with E-state index < -0.39 is 5.54 Å². The van der Waals surface area contributed by atoms with E-state index in [-0.39, 0.29) is 19.2 Å². The third-order valence-corrected chi connectivity index (χ3v) is 2.56. The van der Waals surface area contributed by atoms with E-state index in [9.17, 15) is 10.2 Å². The number of nitrogens with two attached hydrogens (primary N) is 1. The molecule has 0 fully saturated rings. The van der Waals surface area contributed by atoms with Gasteiger partial charge in [-0.2, -0.15) is 15.1 Å². The van der Waals surface area contributed by atoms with Gasteiger partial charge in [0, 0.05) is 0 Å². The molecule has 0 atom stereocenters. The van der Waals surface area contributed by atoms with Crippen LogP contribution >= 0.6 is 0 Å². The summed E-state index contributed by atoms with van der Waals surface area (Å²) in [6.07, 6.45) is 1.55. The molecule has 0 aromatic carbocycles. The zero-order valence-electron chi connectivity index (χ0n) is 9.80. The van der Waals surface area contributed by atoms with E-state index in [0.717, 1.165) is 0 Å². The van der Waals surface area contributed by atoms with Crippen LogP contribution in [0.5, 0.6) is 0 Å². The van der Waals surface area contributed by atoms with E-state index >= 15 is 0 Å². The Labute approximate surface area is 102 Å². The van der Waals surface area contributed by atoms with E-state index in [4.69, 9.17) is 5.84 Å². The van der Waals surface area contributed by atoms with Gasteiger partial charge >= 0.3 is 0 Å².